The van der Waals surface area contributed by atoms with E-state index in [0.29, 0.717) is 18.9 Å². The van der Waals surface area contributed by atoms with E-state index in [-0.39, 0.29) is 23.9 Å². The fourth-order valence-electron chi connectivity index (χ4n) is 3.05. The summed E-state index contributed by atoms with van der Waals surface area (Å²) in [6.07, 6.45) is 0. The monoisotopic (exact) mass is 438 g/mol. The maximum atomic E-state index is 13.3. The van der Waals surface area contributed by atoms with Crippen molar-refractivity contribution >= 4 is 15.9 Å². The summed E-state index contributed by atoms with van der Waals surface area (Å²) in [6, 6.07) is 24.9. The highest BCUT2D eigenvalue weighted by Gasteiger charge is 2.27. The van der Waals surface area contributed by atoms with Gasteiger partial charge in [-0.3, -0.25) is 4.79 Å². The van der Waals surface area contributed by atoms with E-state index in [2.05, 4.69) is 5.32 Å². The zero-order chi connectivity index (χ0) is 22.1. The first-order valence-electron chi connectivity index (χ1n) is 10.1. The Balaban J connectivity index is 1.78. The quantitative estimate of drug-likeness (QED) is 0.525. The molecule has 0 radical (unpaired) electrons. The lowest BCUT2D eigenvalue weighted by atomic mass is 10.2. The first-order valence-corrected chi connectivity index (χ1v) is 11.5. The van der Waals surface area contributed by atoms with Crippen LogP contribution < -0.4 is 10.1 Å². The van der Waals surface area contributed by atoms with Crippen LogP contribution in [0.1, 0.15) is 18.1 Å². The van der Waals surface area contributed by atoms with Gasteiger partial charge in [0.2, 0.25) is 15.9 Å². The minimum atomic E-state index is -3.89. The van der Waals surface area contributed by atoms with Gasteiger partial charge < -0.3 is 10.1 Å². The Morgan fingerprint density at radius 3 is 2.03 bits per heavy atom. The molecule has 0 aliphatic heterocycles. The van der Waals surface area contributed by atoms with E-state index < -0.39 is 10.0 Å². The summed E-state index contributed by atoms with van der Waals surface area (Å²) in [4.78, 5) is 12.7. The van der Waals surface area contributed by atoms with Crippen LogP contribution in [0.2, 0.25) is 0 Å². The molecule has 1 N–H and O–H groups in total. The molecule has 162 valence electrons. The minimum absolute atomic E-state index is 0.0924. The minimum Gasteiger partial charge on any atom is -0.494 e. The Morgan fingerprint density at radius 2 is 1.45 bits per heavy atom. The Morgan fingerprint density at radius 1 is 0.871 bits per heavy atom. The molecule has 3 aromatic carbocycles. The molecule has 0 saturated carbocycles. The number of benzene rings is 3. The Bertz CT molecular complexity index is 1070. The van der Waals surface area contributed by atoms with Crippen molar-refractivity contribution in [3.63, 3.8) is 0 Å². The third kappa shape index (κ3) is 6.41. The van der Waals surface area contributed by atoms with E-state index in [1.54, 1.807) is 12.1 Å². The Kier molecular flexibility index (Phi) is 7.81. The van der Waals surface area contributed by atoms with Gasteiger partial charge in [-0.15, -0.1) is 0 Å². The molecule has 0 aliphatic carbocycles. The summed E-state index contributed by atoms with van der Waals surface area (Å²) >= 11 is 0. The number of ether oxygens (including phenoxy) is 1. The van der Waals surface area contributed by atoms with Gasteiger partial charge >= 0.3 is 0 Å². The third-order valence-corrected chi connectivity index (χ3v) is 6.43. The predicted octanol–water partition coefficient (Wildman–Crippen LogP) is 3.59. The van der Waals surface area contributed by atoms with Gasteiger partial charge in [-0.25, -0.2) is 8.42 Å². The van der Waals surface area contributed by atoms with Gasteiger partial charge in [0.15, 0.2) is 0 Å². The number of carbonyl (C=O) groups is 1. The highest BCUT2D eigenvalue weighted by atomic mass is 32.2. The lowest BCUT2D eigenvalue weighted by Crippen LogP contribution is -2.40. The molecule has 7 heteroatoms. The Hall–Kier alpha value is -3.16. The van der Waals surface area contributed by atoms with Gasteiger partial charge in [-0.1, -0.05) is 60.7 Å². The highest BCUT2D eigenvalue weighted by molar-refractivity contribution is 7.89. The van der Waals surface area contributed by atoms with E-state index in [0.717, 1.165) is 11.1 Å². The van der Waals surface area contributed by atoms with Crippen molar-refractivity contribution in [1.29, 1.82) is 0 Å². The highest BCUT2D eigenvalue weighted by Crippen LogP contribution is 2.21. The van der Waals surface area contributed by atoms with E-state index in [9.17, 15) is 13.2 Å². The number of nitrogens with zero attached hydrogens (tertiary/aromatic N) is 1. The summed E-state index contributed by atoms with van der Waals surface area (Å²) in [7, 11) is -3.89. The summed E-state index contributed by atoms with van der Waals surface area (Å²) in [5.74, 6) is 0.228. The molecule has 0 fully saturated rings. The second-order valence-corrected chi connectivity index (χ2v) is 8.86. The van der Waals surface area contributed by atoms with Crippen molar-refractivity contribution in [2.45, 2.75) is 24.9 Å². The molecule has 0 aromatic heterocycles. The van der Waals surface area contributed by atoms with E-state index in [1.165, 1.54) is 16.4 Å². The maximum Gasteiger partial charge on any atom is 0.243 e. The molecule has 1 amide bonds. The molecule has 31 heavy (non-hydrogen) atoms. The van der Waals surface area contributed by atoms with Gasteiger partial charge in [0.05, 0.1) is 18.0 Å². The summed E-state index contributed by atoms with van der Waals surface area (Å²) in [5.41, 5.74) is 1.74. The first kappa shape index (κ1) is 22.5. The van der Waals surface area contributed by atoms with Gasteiger partial charge in [0, 0.05) is 13.1 Å². The van der Waals surface area contributed by atoms with Crippen LogP contribution in [0.3, 0.4) is 0 Å². The molecule has 0 bridgehead atoms. The van der Waals surface area contributed by atoms with Crippen LogP contribution >= 0.6 is 0 Å². The van der Waals surface area contributed by atoms with Crippen molar-refractivity contribution in [3.8, 4) is 5.75 Å². The smallest absolute Gasteiger partial charge is 0.243 e. The summed E-state index contributed by atoms with van der Waals surface area (Å²) in [5, 5.41) is 2.80. The summed E-state index contributed by atoms with van der Waals surface area (Å²) < 4.78 is 33.2. The van der Waals surface area contributed by atoms with Crippen LogP contribution in [0.25, 0.3) is 0 Å². The molecule has 3 rings (SSSR count). The predicted molar refractivity (Wildman–Crippen MR) is 120 cm³/mol. The fraction of sp³-hybridized carbons (Fsp3) is 0.208. The van der Waals surface area contributed by atoms with Crippen LogP contribution in [-0.2, 0) is 27.9 Å². The first-order chi connectivity index (χ1) is 15.0. The van der Waals surface area contributed by atoms with Crippen LogP contribution in [0.5, 0.6) is 5.75 Å². The summed E-state index contributed by atoms with van der Waals surface area (Å²) in [6.45, 7) is 2.50. The largest absolute Gasteiger partial charge is 0.494 e. The molecule has 0 saturated heterocycles. The van der Waals surface area contributed by atoms with Crippen LogP contribution in [0.15, 0.2) is 89.8 Å². The van der Waals surface area contributed by atoms with Gasteiger partial charge in [-0.2, -0.15) is 4.31 Å². The Labute approximate surface area is 183 Å². The third-order valence-electron chi connectivity index (χ3n) is 4.63. The maximum absolute atomic E-state index is 13.3. The second kappa shape index (κ2) is 10.7. The number of hydrogen-bond donors (Lipinski definition) is 1. The number of hydrogen-bond acceptors (Lipinski definition) is 4. The number of amides is 1. The van der Waals surface area contributed by atoms with Crippen LogP contribution in [0, 0.1) is 0 Å². The van der Waals surface area contributed by atoms with E-state index >= 15 is 0 Å². The van der Waals surface area contributed by atoms with Crippen molar-refractivity contribution in [3.05, 3.63) is 96.1 Å². The zero-order valence-electron chi connectivity index (χ0n) is 17.4. The molecular weight excluding hydrogens is 412 g/mol. The number of rotatable bonds is 10. The standard InChI is InChI=1S/C24H26N2O4S/c1-2-30-22-13-15-23(16-14-22)31(28,29)26(18-21-11-7-4-8-12-21)19-24(27)25-17-20-9-5-3-6-10-20/h3-16H,2,17-19H2,1H3,(H,25,27). The van der Waals surface area contributed by atoms with Gasteiger partial charge in [-0.05, 0) is 42.3 Å². The van der Waals surface area contributed by atoms with Crippen molar-refractivity contribution in [1.82, 2.24) is 9.62 Å². The normalized spacial score (nSPS) is 11.3. The zero-order valence-corrected chi connectivity index (χ0v) is 18.2. The SMILES string of the molecule is CCOc1ccc(S(=O)(=O)N(CC(=O)NCc2ccccc2)Cc2ccccc2)cc1. The lowest BCUT2D eigenvalue weighted by Gasteiger charge is -2.22. The molecule has 0 spiro atoms. The molecule has 0 heterocycles. The fourth-order valence-corrected chi connectivity index (χ4v) is 4.43. The van der Waals surface area contributed by atoms with Crippen molar-refractivity contribution < 1.29 is 17.9 Å². The molecule has 6 nitrogen and oxygen atoms in total. The van der Waals surface area contributed by atoms with E-state index in [1.807, 2.05) is 67.6 Å². The van der Waals surface area contributed by atoms with Gasteiger partial charge in [0.1, 0.15) is 5.75 Å². The average molecular weight is 439 g/mol. The van der Waals surface area contributed by atoms with Gasteiger partial charge in [0.25, 0.3) is 0 Å². The molecule has 0 unspecified atom stereocenters. The number of nitrogens with one attached hydrogen (secondary N) is 1. The molecular formula is C24H26N2O4S. The average Bonchev–Trinajstić information content (AvgIpc) is 2.79. The lowest BCUT2D eigenvalue weighted by molar-refractivity contribution is -0.121. The second-order valence-electron chi connectivity index (χ2n) is 6.93. The van der Waals surface area contributed by atoms with Crippen LogP contribution in [0.4, 0.5) is 0 Å². The molecule has 3 aromatic rings. The van der Waals surface area contributed by atoms with Crippen molar-refractivity contribution in [2.24, 2.45) is 0 Å². The molecule has 0 atom stereocenters. The van der Waals surface area contributed by atoms with Crippen molar-refractivity contribution in [2.75, 3.05) is 13.2 Å². The number of carbonyl (C=O) groups excluding carboxylic acids is 1. The topological polar surface area (TPSA) is 75.7 Å². The van der Waals surface area contributed by atoms with E-state index in [4.69, 9.17) is 4.74 Å². The molecule has 0 aliphatic rings. The number of sulfonamides is 1. The van der Waals surface area contributed by atoms with Crippen LogP contribution in [-0.4, -0.2) is 31.8 Å².